The fourth-order valence-electron chi connectivity index (χ4n) is 2.49. The molecule has 1 aromatic carbocycles. The standard InChI is InChI=1S/C15H17F2NO4/c16-14(17)22-11-5-2-1-4-10(11)9-18-12(19)8-15(13(20)21)6-3-7-15/h1-2,4-5,14H,3,6-9H2,(H,18,19)(H,20,21). The summed E-state index contributed by atoms with van der Waals surface area (Å²) in [4.78, 5) is 23.1. The Hall–Kier alpha value is -2.18. The van der Waals surface area contributed by atoms with Crippen molar-refractivity contribution in [2.75, 3.05) is 0 Å². The summed E-state index contributed by atoms with van der Waals surface area (Å²) in [7, 11) is 0. The summed E-state index contributed by atoms with van der Waals surface area (Å²) in [5.41, 5.74) is -0.558. The summed E-state index contributed by atoms with van der Waals surface area (Å²) in [5.74, 6) is -1.38. The number of hydrogen-bond donors (Lipinski definition) is 2. The first-order chi connectivity index (χ1) is 10.4. The first kappa shape index (κ1) is 16.2. The quantitative estimate of drug-likeness (QED) is 0.811. The summed E-state index contributed by atoms with van der Waals surface area (Å²) in [6.45, 7) is -2.93. The summed E-state index contributed by atoms with van der Waals surface area (Å²) in [5, 5.41) is 11.7. The Labute approximate surface area is 126 Å². The van der Waals surface area contributed by atoms with Crippen molar-refractivity contribution in [1.29, 1.82) is 0 Å². The largest absolute Gasteiger partial charge is 0.481 e. The van der Waals surface area contributed by atoms with Crippen LogP contribution in [-0.4, -0.2) is 23.6 Å². The average molecular weight is 313 g/mol. The van der Waals surface area contributed by atoms with E-state index in [0.29, 0.717) is 18.4 Å². The molecule has 0 bridgehead atoms. The van der Waals surface area contributed by atoms with Gasteiger partial charge in [0.1, 0.15) is 5.75 Å². The molecule has 1 aliphatic carbocycles. The Morgan fingerprint density at radius 1 is 1.32 bits per heavy atom. The number of hydrogen-bond acceptors (Lipinski definition) is 3. The van der Waals surface area contributed by atoms with Crippen molar-refractivity contribution in [3.05, 3.63) is 29.8 Å². The minimum absolute atomic E-state index is 0.00519. The molecule has 5 nitrogen and oxygen atoms in total. The molecule has 2 N–H and O–H groups in total. The second kappa shape index (κ2) is 6.72. The second-order valence-corrected chi connectivity index (χ2v) is 5.38. The van der Waals surface area contributed by atoms with Gasteiger partial charge in [-0.25, -0.2) is 0 Å². The Morgan fingerprint density at radius 2 is 2.00 bits per heavy atom. The number of halogens is 2. The first-order valence-electron chi connectivity index (χ1n) is 6.96. The topological polar surface area (TPSA) is 75.6 Å². The molecule has 0 aromatic heterocycles. The fraction of sp³-hybridized carbons (Fsp3) is 0.467. The van der Waals surface area contributed by atoms with Gasteiger partial charge >= 0.3 is 12.6 Å². The number of ether oxygens (including phenoxy) is 1. The van der Waals surface area contributed by atoms with E-state index in [1.807, 2.05) is 0 Å². The van der Waals surface area contributed by atoms with Crippen molar-refractivity contribution in [2.24, 2.45) is 5.41 Å². The molecule has 0 saturated heterocycles. The van der Waals surface area contributed by atoms with Crippen molar-refractivity contribution in [2.45, 2.75) is 38.8 Å². The number of benzene rings is 1. The normalized spacial score (nSPS) is 16.0. The van der Waals surface area contributed by atoms with Crippen molar-refractivity contribution in [1.82, 2.24) is 5.32 Å². The van der Waals surface area contributed by atoms with Crippen LogP contribution in [0.15, 0.2) is 24.3 Å². The fourth-order valence-corrected chi connectivity index (χ4v) is 2.49. The molecule has 0 unspecified atom stereocenters. The van der Waals surface area contributed by atoms with Gasteiger partial charge in [-0.1, -0.05) is 24.6 Å². The van der Waals surface area contributed by atoms with Gasteiger partial charge in [-0.05, 0) is 18.9 Å². The Kier molecular flexibility index (Phi) is 4.95. The van der Waals surface area contributed by atoms with E-state index in [4.69, 9.17) is 0 Å². The van der Waals surface area contributed by atoms with Crippen molar-refractivity contribution < 1.29 is 28.2 Å². The van der Waals surface area contributed by atoms with E-state index in [9.17, 15) is 23.5 Å². The first-order valence-corrected chi connectivity index (χ1v) is 6.96. The molecule has 1 aliphatic rings. The molecule has 0 heterocycles. The molecular weight excluding hydrogens is 296 g/mol. The zero-order valence-corrected chi connectivity index (χ0v) is 11.9. The molecule has 0 aliphatic heterocycles. The number of amides is 1. The molecule has 1 saturated carbocycles. The minimum Gasteiger partial charge on any atom is -0.481 e. The monoisotopic (exact) mass is 313 g/mol. The van der Waals surface area contributed by atoms with Crippen LogP contribution in [0.25, 0.3) is 0 Å². The lowest BCUT2D eigenvalue weighted by atomic mass is 9.66. The van der Waals surface area contributed by atoms with Gasteiger partial charge in [0, 0.05) is 18.5 Å². The van der Waals surface area contributed by atoms with E-state index in [-0.39, 0.29) is 18.7 Å². The van der Waals surface area contributed by atoms with Crippen LogP contribution in [0.3, 0.4) is 0 Å². The van der Waals surface area contributed by atoms with Crippen LogP contribution in [-0.2, 0) is 16.1 Å². The van der Waals surface area contributed by atoms with Crippen molar-refractivity contribution in [3.8, 4) is 5.75 Å². The van der Waals surface area contributed by atoms with Gasteiger partial charge in [0.25, 0.3) is 0 Å². The molecule has 0 spiro atoms. The predicted octanol–water partition coefficient (Wildman–Crippen LogP) is 2.55. The van der Waals surface area contributed by atoms with Crippen molar-refractivity contribution >= 4 is 11.9 Å². The number of nitrogens with one attached hydrogen (secondary N) is 1. The number of carbonyl (C=O) groups is 2. The van der Waals surface area contributed by atoms with Crippen LogP contribution in [0, 0.1) is 5.41 Å². The third-order valence-corrected chi connectivity index (χ3v) is 3.93. The summed E-state index contributed by atoms with van der Waals surface area (Å²) in [6.07, 6.45) is 1.67. The minimum atomic E-state index is -2.94. The summed E-state index contributed by atoms with van der Waals surface area (Å²) >= 11 is 0. The maximum Gasteiger partial charge on any atom is 0.387 e. The molecule has 120 valence electrons. The maximum atomic E-state index is 12.3. The van der Waals surface area contributed by atoms with Crippen LogP contribution >= 0.6 is 0 Å². The van der Waals surface area contributed by atoms with Gasteiger partial charge in [-0.2, -0.15) is 8.78 Å². The van der Waals surface area contributed by atoms with E-state index in [0.717, 1.165) is 6.42 Å². The molecule has 7 heteroatoms. The number of carboxylic acid groups (broad SMARTS) is 1. The Morgan fingerprint density at radius 3 is 2.55 bits per heavy atom. The highest BCUT2D eigenvalue weighted by molar-refractivity contribution is 5.85. The number of carbonyl (C=O) groups excluding carboxylic acids is 1. The molecule has 1 amide bonds. The molecule has 1 aromatic rings. The van der Waals surface area contributed by atoms with Gasteiger partial charge < -0.3 is 15.2 Å². The van der Waals surface area contributed by atoms with Gasteiger partial charge in [-0.3, -0.25) is 9.59 Å². The summed E-state index contributed by atoms with van der Waals surface area (Å²) in [6, 6.07) is 6.15. The molecule has 2 rings (SSSR count). The second-order valence-electron chi connectivity index (χ2n) is 5.38. The number of alkyl halides is 2. The Balaban J connectivity index is 1.93. The van der Waals surface area contributed by atoms with Crippen molar-refractivity contribution in [3.63, 3.8) is 0 Å². The molecule has 1 fully saturated rings. The van der Waals surface area contributed by atoms with Gasteiger partial charge in [0.2, 0.25) is 5.91 Å². The average Bonchev–Trinajstić information content (AvgIpc) is 2.41. The zero-order valence-electron chi connectivity index (χ0n) is 11.9. The predicted molar refractivity (Wildman–Crippen MR) is 73.5 cm³/mol. The third-order valence-electron chi connectivity index (χ3n) is 3.93. The number of aliphatic carboxylic acids is 1. The molecule has 0 radical (unpaired) electrons. The van der Waals surface area contributed by atoms with E-state index in [1.54, 1.807) is 18.2 Å². The van der Waals surface area contributed by atoms with Crippen LogP contribution < -0.4 is 10.1 Å². The maximum absolute atomic E-state index is 12.3. The molecular formula is C15H17F2NO4. The van der Waals surface area contributed by atoms with E-state index >= 15 is 0 Å². The van der Waals surface area contributed by atoms with Gasteiger partial charge in [0.15, 0.2) is 0 Å². The Bertz CT molecular complexity index is 558. The number of rotatable bonds is 7. The van der Waals surface area contributed by atoms with Gasteiger partial charge in [0.05, 0.1) is 5.41 Å². The SMILES string of the molecule is O=C(CC1(C(=O)O)CCC1)NCc1ccccc1OC(F)F. The lowest BCUT2D eigenvalue weighted by Crippen LogP contribution is -2.42. The lowest BCUT2D eigenvalue weighted by Gasteiger charge is -2.36. The van der Waals surface area contributed by atoms with Gasteiger partial charge in [-0.15, -0.1) is 0 Å². The highest BCUT2D eigenvalue weighted by Crippen LogP contribution is 2.44. The lowest BCUT2D eigenvalue weighted by molar-refractivity contribution is -0.157. The summed E-state index contributed by atoms with van der Waals surface area (Å²) < 4.78 is 28.9. The van der Waals surface area contributed by atoms with Crippen LogP contribution in [0.5, 0.6) is 5.75 Å². The zero-order chi connectivity index (χ0) is 16.2. The van der Waals surface area contributed by atoms with E-state index in [2.05, 4.69) is 10.1 Å². The van der Waals surface area contributed by atoms with Crippen LogP contribution in [0.4, 0.5) is 8.78 Å². The number of para-hydroxylation sites is 1. The van der Waals surface area contributed by atoms with E-state index in [1.165, 1.54) is 6.07 Å². The molecule has 0 atom stereocenters. The van der Waals surface area contributed by atoms with E-state index < -0.39 is 23.9 Å². The highest BCUT2D eigenvalue weighted by Gasteiger charge is 2.45. The number of carboxylic acids is 1. The van der Waals surface area contributed by atoms with Crippen LogP contribution in [0.1, 0.15) is 31.2 Å². The molecule has 22 heavy (non-hydrogen) atoms. The third kappa shape index (κ3) is 3.72. The van der Waals surface area contributed by atoms with Crippen LogP contribution in [0.2, 0.25) is 0 Å². The highest BCUT2D eigenvalue weighted by atomic mass is 19.3. The smallest absolute Gasteiger partial charge is 0.387 e.